The van der Waals surface area contributed by atoms with Crippen LogP contribution in [0.2, 0.25) is 0 Å². The SMILES string of the molecule is CCn1ncc(CNC(=O)C2C3CCC(C3)C2C(=O)O)c1C. The minimum absolute atomic E-state index is 0.108. The summed E-state index contributed by atoms with van der Waals surface area (Å²) in [6.45, 7) is 5.22. The van der Waals surface area contributed by atoms with E-state index in [2.05, 4.69) is 10.4 Å². The van der Waals surface area contributed by atoms with Crippen molar-refractivity contribution < 1.29 is 14.7 Å². The highest BCUT2D eigenvalue weighted by molar-refractivity contribution is 5.86. The molecule has 120 valence electrons. The fourth-order valence-electron chi connectivity index (χ4n) is 4.30. The minimum atomic E-state index is -0.817. The molecular weight excluding hydrogens is 282 g/mol. The number of aromatic nitrogens is 2. The number of hydrogen-bond acceptors (Lipinski definition) is 3. The van der Waals surface area contributed by atoms with Gasteiger partial charge in [-0.25, -0.2) is 0 Å². The largest absolute Gasteiger partial charge is 0.481 e. The maximum absolute atomic E-state index is 12.5. The zero-order chi connectivity index (χ0) is 15.9. The van der Waals surface area contributed by atoms with Crippen molar-refractivity contribution in [1.29, 1.82) is 0 Å². The van der Waals surface area contributed by atoms with Gasteiger partial charge in [-0.05, 0) is 44.9 Å². The molecule has 2 aliphatic carbocycles. The molecule has 4 unspecified atom stereocenters. The molecule has 2 bridgehead atoms. The molecule has 0 spiro atoms. The van der Waals surface area contributed by atoms with Gasteiger partial charge < -0.3 is 10.4 Å². The quantitative estimate of drug-likeness (QED) is 0.865. The Bertz CT molecular complexity index is 595. The van der Waals surface area contributed by atoms with E-state index in [0.29, 0.717) is 6.54 Å². The van der Waals surface area contributed by atoms with Crippen LogP contribution in [0.4, 0.5) is 0 Å². The summed E-state index contributed by atoms with van der Waals surface area (Å²) in [5.74, 6) is -1.37. The van der Waals surface area contributed by atoms with Gasteiger partial charge in [0.15, 0.2) is 0 Å². The molecule has 22 heavy (non-hydrogen) atoms. The van der Waals surface area contributed by atoms with Crippen molar-refractivity contribution in [2.75, 3.05) is 0 Å². The summed E-state index contributed by atoms with van der Waals surface area (Å²) >= 11 is 0. The van der Waals surface area contributed by atoms with Crippen LogP contribution in [0, 0.1) is 30.6 Å². The van der Waals surface area contributed by atoms with E-state index in [-0.39, 0.29) is 23.7 Å². The summed E-state index contributed by atoms with van der Waals surface area (Å²) in [5, 5.41) is 16.6. The van der Waals surface area contributed by atoms with E-state index < -0.39 is 11.9 Å². The average molecular weight is 305 g/mol. The number of fused-ring (bicyclic) bond motifs is 2. The third kappa shape index (κ3) is 2.40. The lowest BCUT2D eigenvalue weighted by molar-refractivity contribution is -0.149. The molecular formula is C16H23N3O3. The number of nitrogens with one attached hydrogen (secondary N) is 1. The van der Waals surface area contributed by atoms with Crippen molar-refractivity contribution in [2.45, 2.75) is 46.2 Å². The van der Waals surface area contributed by atoms with Crippen molar-refractivity contribution in [2.24, 2.45) is 23.7 Å². The van der Waals surface area contributed by atoms with Gasteiger partial charge in [-0.1, -0.05) is 0 Å². The van der Waals surface area contributed by atoms with Gasteiger partial charge in [0.05, 0.1) is 18.0 Å². The first-order valence-electron chi connectivity index (χ1n) is 8.04. The monoisotopic (exact) mass is 305 g/mol. The minimum Gasteiger partial charge on any atom is -0.481 e. The summed E-state index contributed by atoms with van der Waals surface area (Å²) in [6, 6.07) is 0. The second-order valence-electron chi connectivity index (χ2n) is 6.51. The molecule has 3 rings (SSSR count). The van der Waals surface area contributed by atoms with Gasteiger partial charge in [0.2, 0.25) is 5.91 Å². The van der Waals surface area contributed by atoms with E-state index in [4.69, 9.17) is 0 Å². The lowest BCUT2D eigenvalue weighted by atomic mass is 9.78. The van der Waals surface area contributed by atoms with Crippen LogP contribution in [0.25, 0.3) is 0 Å². The standard InChI is InChI=1S/C16H23N3O3/c1-3-19-9(2)12(8-18-19)7-17-15(20)13-10-4-5-11(6-10)14(13)16(21)22/h8,10-11,13-14H,3-7H2,1-2H3,(H,17,20)(H,21,22). The van der Waals surface area contributed by atoms with Crippen LogP contribution >= 0.6 is 0 Å². The summed E-state index contributed by atoms with van der Waals surface area (Å²) in [6.07, 6.45) is 4.60. The smallest absolute Gasteiger partial charge is 0.307 e. The third-order valence-electron chi connectivity index (χ3n) is 5.46. The van der Waals surface area contributed by atoms with Gasteiger partial charge in [0, 0.05) is 24.3 Å². The Labute approximate surface area is 129 Å². The molecule has 1 heterocycles. The van der Waals surface area contributed by atoms with Gasteiger partial charge in [0.25, 0.3) is 0 Å². The number of carbonyl (C=O) groups is 2. The predicted molar refractivity (Wildman–Crippen MR) is 79.9 cm³/mol. The molecule has 1 aromatic heterocycles. The molecule has 0 radical (unpaired) electrons. The highest BCUT2D eigenvalue weighted by Crippen LogP contribution is 2.52. The summed E-state index contributed by atoms with van der Waals surface area (Å²) in [7, 11) is 0. The number of aliphatic carboxylic acids is 1. The highest BCUT2D eigenvalue weighted by atomic mass is 16.4. The van der Waals surface area contributed by atoms with Crippen molar-refractivity contribution >= 4 is 11.9 Å². The first-order valence-corrected chi connectivity index (χ1v) is 8.04. The second kappa shape index (κ2) is 5.74. The molecule has 2 aliphatic rings. The van der Waals surface area contributed by atoms with Crippen molar-refractivity contribution in [1.82, 2.24) is 15.1 Å². The Hall–Kier alpha value is -1.85. The van der Waals surface area contributed by atoms with Crippen molar-refractivity contribution in [3.05, 3.63) is 17.5 Å². The lowest BCUT2D eigenvalue weighted by Gasteiger charge is -2.27. The molecule has 6 heteroatoms. The molecule has 1 aromatic rings. The number of carboxylic acids is 1. The van der Waals surface area contributed by atoms with Gasteiger partial charge >= 0.3 is 5.97 Å². The number of nitrogens with zero attached hydrogens (tertiary/aromatic N) is 2. The number of hydrogen-bond donors (Lipinski definition) is 2. The highest BCUT2D eigenvalue weighted by Gasteiger charge is 2.53. The van der Waals surface area contributed by atoms with E-state index in [1.54, 1.807) is 6.20 Å². The van der Waals surface area contributed by atoms with Crippen LogP contribution in [-0.4, -0.2) is 26.8 Å². The Morgan fingerprint density at radius 3 is 2.64 bits per heavy atom. The van der Waals surface area contributed by atoms with Gasteiger partial charge in [-0.15, -0.1) is 0 Å². The first-order chi connectivity index (χ1) is 10.5. The van der Waals surface area contributed by atoms with E-state index in [9.17, 15) is 14.7 Å². The molecule has 1 amide bonds. The normalized spacial score (nSPS) is 29.7. The molecule has 2 N–H and O–H groups in total. The number of rotatable bonds is 5. The Balaban J connectivity index is 1.66. The van der Waals surface area contributed by atoms with E-state index >= 15 is 0 Å². The predicted octanol–water partition coefficient (Wildman–Crippen LogP) is 1.57. The molecule has 2 saturated carbocycles. The van der Waals surface area contributed by atoms with Crippen molar-refractivity contribution in [3.63, 3.8) is 0 Å². The average Bonchev–Trinajstić information content (AvgIpc) is 3.18. The first kappa shape index (κ1) is 15.1. The van der Waals surface area contributed by atoms with E-state index in [1.165, 1.54) is 0 Å². The third-order valence-corrected chi connectivity index (χ3v) is 5.46. The van der Waals surface area contributed by atoms with Gasteiger partial charge in [0.1, 0.15) is 0 Å². The van der Waals surface area contributed by atoms with Crippen LogP contribution in [0.15, 0.2) is 6.20 Å². The van der Waals surface area contributed by atoms with E-state index in [1.807, 2.05) is 18.5 Å². The van der Waals surface area contributed by atoms with E-state index in [0.717, 1.165) is 37.1 Å². The maximum atomic E-state index is 12.5. The number of amides is 1. The molecule has 2 fully saturated rings. The maximum Gasteiger partial charge on any atom is 0.307 e. The summed E-state index contributed by atoms with van der Waals surface area (Å²) in [4.78, 5) is 24.0. The Morgan fingerprint density at radius 2 is 2.05 bits per heavy atom. The van der Waals surface area contributed by atoms with Crippen molar-refractivity contribution in [3.8, 4) is 0 Å². The number of aryl methyl sites for hydroxylation is 1. The van der Waals surface area contributed by atoms with Crippen LogP contribution in [-0.2, 0) is 22.7 Å². The molecule has 0 saturated heterocycles. The Kier molecular flexibility index (Phi) is 3.93. The lowest BCUT2D eigenvalue weighted by Crippen LogP contribution is -2.41. The van der Waals surface area contributed by atoms with Crippen LogP contribution in [0.1, 0.15) is 37.4 Å². The molecule has 0 aliphatic heterocycles. The topological polar surface area (TPSA) is 84.2 Å². The van der Waals surface area contributed by atoms with Crippen LogP contribution in [0.3, 0.4) is 0 Å². The molecule has 6 nitrogen and oxygen atoms in total. The fraction of sp³-hybridized carbons (Fsp3) is 0.688. The Morgan fingerprint density at radius 1 is 1.36 bits per heavy atom. The van der Waals surface area contributed by atoms with Gasteiger partial charge in [-0.3, -0.25) is 14.3 Å². The zero-order valence-electron chi connectivity index (χ0n) is 13.1. The van der Waals surface area contributed by atoms with Crippen LogP contribution < -0.4 is 5.32 Å². The molecule has 0 aromatic carbocycles. The van der Waals surface area contributed by atoms with Gasteiger partial charge in [-0.2, -0.15) is 5.10 Å². The van der Waals surface area contributed by atoms with Crippen LogP contribution in [0.5, 0.6) is 0 Å². The summed E-state index contributed by atoms with van der Waals surface area (Å²) in [5.41, 5.74) is 2.04. The molecule has 4 atom stereocenters. The number of carboxylic acid groups (broad SMARTS) is 1. The summed E-state index contributed by atoms with van der Waals surface area (Å²) < 4.78 is 1.89. The fourth-order valence-corrected chi connectivity index (χ4v) is 4.30. The number of carbonyl (C=O) groups excluding carboxylic acids is 1. The second-order valence-corrected chi connectivity index (χ2v) is 6.51. The zero-order valence-corrected chi connectivity index (χ0v) is 13.1.